The molecule has 2 aliphatic rings. The summed E-state index contributed by atoms with van der Waals surface area (Å²) >= 11 is 0. The molecule has 1 N–H and O–H groups in total. The highest BCUT2D eigenvalue weighted by Crippen LogP contribution is 2.39. The van der Waals surface area contributed by atoms with Gasteiger partial charge in [-0.1, -0.05) is 6.92 Å². The number of nitrogens with zero attached hydrogens (tertiary/aromatic N) is 2. The van der Waals surface area contributed by atoms with Crippen LogP contribution in [-0.2, 0) is 15.0 Å². The maximum atomic E-state index is 11.9. The Morgan fingerprint density at radius 1 is 1.38 bits per heavy atom. The van der Waals surface area contributed by atoms with Crippen molar-refractivity contribution in [3.63, 3.8) is 0 Å². The van der Waals surface area contributed by atoms with Gasteiger partial charge in [0, 0.05) is 19.6 Å². The van der Waals surface area contributed by atoms with Crippen molar-refractivity contribution >= 4 is 16.2 Å². The maximum Gasteiger partial charge on any atom is 0.318 e. The van der Waals surface area contributed by atoms with E-state index in [9.17, 15) is 13.2 Å². The fourth-order valence-electron chi connectivity index (χ4n) is 2.03. The third kappa shape index (κ3) is 2.21. The molecule has 0 amide bonds. The number of rotatable bonds is 4. The van der Waals surface area contributed by atoms with E-state index in [4.69, 9.17) is 5.11 Å². The molecule has 0 aromatic rings. The second-order valence-corrected chi connectivity index (χ2v) is 6.49. The predicted octanol–water partition coefficient (Wildman–Crippen LogP) is -0.411. The first kappa shape index (κ1) is 11.8. The summed E-state index contributed by atoms with van der Waals surface area (Å²) < 4.78 is 26.2. The van der Waals surface area contributed by atoms with Crippen LogP contribution < -0.4 is 0 Å². The van der Waals surface area contributed by atoms with Crippen molar-refractivity contribution in [2.24, 2.45) is 11.8 Å². The Morgan fingerprint density at radius 3 is 2.44 bits per heavy atom. The van der Waals surface area contributed by atoms with Crippen LogP contribution in [0.4, 0.5) is 0 Å². The van der Waals surface area contributed by atoms with E-state index in [1.165, 1.54) is 4.31 Å². The van der Waals surface area contributed by atoms with Gasteiger partial charge in [-0.05, 0) is 18.3 Å². The maximum absolute atomic E-state index is 11.9. The molecule has 16 heavy (non-hydrogen) atoms. The number of carboxylic acid groups (broad SMARTS) is 1. The molecule has 2 unspecified atom stereocenters. The molecular weight excluding hydrogens is 232 g/mol. The summed E-state index contributed by atoms with van der Waals surface area (Å²) in [6, 6.07) is 0. The van der Waals surface area contributed by atoms with Gasteiger partial charge < -0.3 is 5.11 Å². The Bertz CT molecular complexity index is 394. The van der Waals surface area contributed by atoms with Gasteiger partial charge in [-0.25, -0.2) is 0 Å². The second-order valence-electron chi connectivity index (χ2n) is 4.57. The third-order valence-corrected chi connectivity index (χ3v) is 5.23. The van der Waals surface area contributed by atoms with E-state index >= 15 is 0 Å². The van der Waals surface area contributed by atoms with Gasteiger partial charge in [0.05, 0.1) is 0 Å². The number of carboxylic acids is 1. The summed E-state index contributed by atoms with van der Waals surface area (Å²) in [5.74, 6) is -0.0477. The van der Waals surface area contributed by atoms with E-state index < -0.39 is 22.7 Å². The number of carbonyl (C=O) groups is 1. The minimum Gasteiger partial charge on any atom is -0.480 e. The van der Waals surface area contributed by atoms with Crippen LogP contribution in [0.3, 0.4) is 0 Å². The molecular formula is C9H16N2O4S. The van der Waals surface area contributed by atoms with E-state index in [1.807, 2.05) is 0 Å². The highest BCUT2D eigenvalue weighted by Gasteiger charge is 2.42. The Balaban J connectivity index is 1.99. The summed E-state index contributed by atoms with van der Waals surface area (Å²) in [5.41, 5.74) is 0. The standard InChI is InChI=1S/C9H16N2O4S/c1-7-4-8(7)5-10-2-3-11(6-9(12)13)16(10,14)15/h7-8H,2-6H2,1H3,(H,12,13). The van der Waals surface area contributed by atoms with Gasteiger partial charge in [-0.2, -0.15) is 17.0 Å². The van der Waals surface area contributed by atoms with Gasteiger partial charge in [0.2, 0.25) is 0 Å². The van der Waals surface area contributed by atoms with Crippen LogP contribution in [0.2, 0.25) is 0 Å². The lowest BCUT2D eigenvalue weighted by Crippen LogP contribution is -2.37. The van der Waals surface area contributed by atoms with Gasteiger partial charge in [0.25, 0.3) is 10.2 Å². The molecule has 0 aromatic carbocycles. The smallest absolute Gasteiger partial charge is 0.318 e. The quantitative estimate of drug-likeness (QED) is 0.733. The highest BCUT2D eigenvalue weighted by molar-refractivity contribution is 7.87. The number of hydrogen-bond acceptors (Lipinski definition) is 3. The molecule has 1 saturated heterocycles. The first-order valence-corrected chi connectivity index (χ1v) is 6.78. The fourth-order valence-corrected chi connectivity index (χ4v) is 3.63. The lowest BCUT2D eigenvalue weighted by molar-refractivity contribution is -0.137. The van der Waals surface area contributed by atoms with Crippen LogP contribution in [0.25, 0.3) is 0 Å². The largest absolute Gasteiger partial charge is 0.480 e. The molecule has 1 aliphatic heterocycles. The molecule has 0 bridgehead atoms. The molecule has 2 atom stereocenters. The van der Waals surface area contributed by atoms with Gasteiger partial charge in [-0.15, -0.1) is 0 Å². The molecule has 0 spiro atoms. The average Bonchev–Trinajstić information content (AvgIpc) is 2.78. The topological polar surface area (TPSA) is 77.9 Å². The zero-order valence-corrected chi connectivity index (χ0v) is 9.98. The van der Waals surface area contributed by atoms with Crippen LogP contribution in [0, 0.1) is 11.8 Å². The van der Waals surface area contributed by atoms with Crippen molar-refractivity contribution < 1.29 is 18.3 Å². The van der Waals surface area contributed by atoms with Crippen LogP contribution in [0.1, 0.15) is 13.3 Å². The van der Waals surface area contributed by atoms with Gasteiger partial charge in [0.1, 0.15) is 6.54 Å². The van der Waals surface area contributed by atoms with E-state index in [2.05, 4.69) is 6.92 Å². The minimum atomic E-state index is -3.52. The Morgan fingerprint density at radius 2 is 1.94 bits per heavy atom. The monoisotopic (exact) mass is 248 g/mol. The zero-order valence-electron chi connectivity index (χ0n) is 9.16. The summed E-state index contributed by atoms with van der Waals surface area (Å²) in [6.45, 7) is 2.91. The molecule has 2 rings (SSSR count). The Labute approximate surface area is 95.0 Å². The van der Waals surface area contributed by atoms with Gasteiger partial charge in [0.15, 0.2) is 0 Å². The van der Waals surface area contributed by atoms with E-state index in [0.717, 1.165) is 10.7 Å². The molecule has 1 saturated carbocycles. The molecule has 1 aliphatic carbocycles. The summed E-state index contributed by atoms with van der Waals surface area (Å²) in [5, 5.41) is 8.60. The van der Waals surface area contributed by atoms with Crippen molar-refractivity contribution in [1.29, 1.82) is 0 Å². The van der Waals surface area contributed by atoms with Crippen LogP contribution in [0.5, 0.6) is 0 Å². The molecule has 0 radical (unpaired) electrons. The normalized spacial score (nSPS) is 34.1. The summed E-state index contributed by atoms with van der Waals surface area (Å²) in [6.07, 6.45) is 1.07. The SMILES string of the molecule is CC1CC1CN1CCN(CC(=O)O)S1(=O)=O. The Hall–Kier alpha value is -0.660. The Kier molecular flexibility index (Phi) is 2.93. The van der Waals surface area contributed by atoms with Crippen molar-refractivity contribution in [2.75, 3.05) is 26.2 Å². The molecule has 7 heteroatoms. The zero-order chi connectivity index (χ0) is 11.9. The second kappa shape index (κ2) is 3.97. The number of hydrogen-bond donors (Lipinski definition) is 1. The van der Waals surface area contributed by atoms with Gasteiger partial charge in [-0.3, -0.25) is 4.79 Å². The van der Waals surface area contributed by atoms with Crippen LogP contribution in [-0.4, -0.2) is 54.3 Å². The van der Waals surface area contributed by atoms with Crippen LogP contribution in [0.15, 0.2) is 0 Å². The average molecular weight is 248 g/mol. The fraction of sp³-hybridized carbons (Fsp3) is 0.889. The molecule has 0 aromatic heterocycles. The number of aliphatic carboxylic acids is 1. The van der Waals surface area contributed by atoms with Crippen molar-refractivity contribution in [1.82, 2.24) is 8.61 Å². The van der Waals surface area contributed by atoms with Crippen LogP contribution >= 0.6 is 0 Å². The lowest BCUT2D eigenvalue weighted by Gasteiger charge is -2.16. The minimum absolute atomic E-state index is 0.287. The van der Waals surface area contributed by atoms with E-state index in [1.54, 1.807) is 0 Å². The summed E-state index contributed by atoms with van der Waals surface area (Å²) in [4.78, 5) is 10.5. The molecule has 1 heterocycles. The first-order valence-electron chi connectivity index (χ1n) is 5.38. The van der Waals surface area contributed by atoms with Crippen molar-refractivity contribution in [3.05, 3.63) is 0 Å². The van der Waals surface area contributed by atoms with E-state index in [0.29, 0.717) is 24.9 Å². The lowest BCUT2D eigenvalue weighted by atomic mass is 10.3. The first-order chi connectivity index (χ1) is 7.41. The van der Waals surface area contributed by atoms with E-state index in [-0.39, 0.29) is 6.54 Å². The molecule has 92 valence electrons. The van der Waals surface area contributed by atoms with Crippen molar-refractivity contribution in [2.45, 2.75) is 13.3 Å². The predicted molar refractivity (Wildman–Crippen MR) is 57.0 cm³/mol. The third-order valence-electron chi connectivity index (χ3n) is 3.28. The molecule has 2 fully saturated rings. The molecule has 6 nitrogen and oxygen atoms in total. The van der Waals surface area contributed by atoms with Gasteiger partial charge >= 0.3 is 5.97 Å². The highest BCUT2D eigenvalue weighted by atomic mass is 32.2. The summed E-state index contributed by atoms with van der Waals surface area (Å²) in [7, 11) is -3.52. The van der Waals surface area contributed by atoms with Crippen molar-refractivity contribution in [3.8, 4) is 0 Å².